The van der Waals surface area contributed by atoms with E-state index < -0.39 is 17.9 Å². The van der Waals surface area contributed by atoms with Gasteiger partial charge >= 0.3 is 0 Å². The molecule has 2 bridgehead atoms. The molecule has 2 aromatic carbocycles. The summed E-state index contributed by atoms with van der Waals surface area (Å²) in [6.45, 7) is 0.479. The lowest BCUT2D eigenvalue weighted by atomic mass is 9.94. The molecule has 5 rings (SSSR count). The van der Waals surface area contributed by atoms with E-state index in [2.05, 4.69) is 0 Å². The highest BCUT2D eigenvalue weighted by Gasteiger charge is 2.48. The molecule has 0 saturated carbocycles. The number of carbonyl (C=O) groups is 2. The van der Waals surface area contributed by atoms with Crippen LogP contribution in [0.2, 0.25) is 0 Å². The first-order chi connectivity index (χ1) is 14.1. The molecule has 0 aromatic heterocycles. The van der Waals surface area contributed by atoms with Crippen molar-refractivity contribution in [3.05, 3.63) is 77.6 Å². The van der Waals surface area contributed by atoms with Crippen molar-refractivity contribution in [3.63, 3.8) is 0 Å². The number of halogens is 1. The van der Waals surface area contributed by atoms with Crippen molar-refractivity contribution in [3.8, 4) is 5.75 Å². The molecular formula is C23H23FN2O3. The number of benzene rings is 2. The van der Waals surface area contributed by atoms with Gasteiger partial charge in [-0.1, -0.05) is 48.5 Å². The van der Waals surface area contributed by atoms with Gasteiger partial charge in [-0.2, -0.15) is 0 Å². The Balaban J connectivity index is 1.64. The highest BCUT2D eigenvalue weighted by atomic mass is 19.1. The SMILES string of the molecule is COc1ccc(CN2C(=O)[C@@H]3CC/C=C(/F)[C@H]2C(=O)N3Cc2ccccc2)cc1. The van der Waals surface area contributed by atoms with Crippen molar-refractivity contribution in [2.45, 2.75) is 38.0 Å². The summed E-state index contributed by atoms with van der Waals surface area (Å²) in [5, 5.41) is 0. The van der Waals surface area contributed by atoms with E-state index in [0.717, 1.165) is 11.1 Å². The molecule has 3 aliphatic heterocycles. The van der Waals surface area contributed by atoms with Crippen LogP contribution in [0.4, 0.5) is 4.39 Å². The van der Waals surface area contributed by atoms with Gasteiger partial charge in [-0.25, -0.2) is 4.39 Å². The van der Waals surface area contributed by atoms with Crippen LogP contribution in [0.3, 0.4) is 0 Å². The van der Waals surface area contributed by atoms with Crippen molar-refractivity contribution in [1.82, 2.24) is 9.80 Å². The van der Waals surface area contributed by atoms with Crippen LogP contribution in [0.15, 0.2) is 66.5 Å². The van der Waals surface area contributed by atoms with Gasteiger partial charge in [0, 0.05) is 13.1 Å². The summed E-state index contributed by atoms with van der Waals surface area (Å²) in [7, 11) is 1.58. The summed E-state index contributed by atoms with van der Waals surface area (Å²) in [5.74, 6) is -0.413. The van der Waals surface area contributed by atoms with Gasteiger partial charge in [0.05, 0.1) is 7.11 Å². The van der Waals surface area contributed by atoms with Crippen LogP contribution in [0.1, 0.15) is 24.0 Å². The molecule has 2 amide bonds. The maximum atomic E-state index is 14.9. The number of rotatable bonds is 5. The molecule has 2 atom stereocenters. The minimum absolute atomic E-state index is 0.177. The van der Waals surface area contributed by atoms with E-state index in [1.54, 1.807) is 24.1 Å². The van der Waals surface area contributed by atoms with Crippen molar-refractivity contribution in [2.24, 2.45) is 0 Å². The molecule has 1 fully saturated rings. The fourth-order valence-electron chi connectivity index (χ4n) is 4.00. The van der Waals surface area contributed by atoms with Gasteiger partial charge < -0.3 is 14.5 Å². The topological polar surface area (TPSA) is 49.9 Å². The number of ether oxygens (including phenoxy) is 1. The van der Waals surface area contributed by atoms with Gasteiger partial charge in [-0.3, -0.25) is 9.59 Å². The van der Waals surface area contributed by atoms with Gasteiger partial charge in [0.25, 0.3) is 5.91 Å². The molecule has 5 nitrogen and oxygen atoms in total. The molecule has 0 aliphatic carbocycles. The summed E-state index contributed by atoms with van der Waals surface area (Å²) in [6, 6.07) is 14.9. The molecule has 0 spiro atoms. The molecule has 3 aliphatic rings. The highest BCUT2D eigenvalue weighted by Crippen LogP contribution is 2.32. The Morgan fingerprint density at radius 1 is 0.931 bits per heavy atom. The minimum Gasteiger partial charge on any atom is -0.497 e. The van der Waals surface area contributed by atoms with Crippen molar-refractivity contribution < 1.29 is 18.7 Å². The Hall–Kier alpha value is -3.15. The number of methoxy groups -OCH3 is 1. The van der Waals surface area contributed by atoms with Crippen LogP contribution in [-0.2, 0) is 22.7 Å². The Labute approximate surface area is 169 Å². The number of allylic oxidation sites excluding steroid dienone is 1. The lowest BCUT2D eigenvalue weighted by Gasteiger charge is -2.45. The van der Waals surface area contributed by atoms with Crippen LogP contribution >= 0.6 is 0 Å². The fourth-order valence-corrected chi connectivity index (χ4v) is 4.00. The van der Waals surface area contributed by atoms with Crippen molar-refractivity contribution >= 4 is 11.8 Å². The van der Waals surface area contributed by atoms with E-state index in [9.17, 15) is 14.0 Å². The molecule has 150 valence electrons. The van der Waals surface area contributed by atoms with E-state index >= 15 is 0 Å². The first-order valence-electron chi connectivity index (χ1n) is 9.72. The number of fused-ring (bicyclic) bond motifs is 4. The van der Waals surface area contributed by atoms with Crippen molar-refractivity contribution in [1.29, 1.82) is 0 Å². The van der Waals surface area contributed by atoms with E-state index in [1.165, 1.54) is 11.0 Å². The summed E-state index contributed by atoms with van der Waals surface area (Å²) >= 11 is 0. The smallest absolute Gasteiger partial charge is 0.253 e. The fraction of sp³-hybridized carbons (Fsp3) is 0.304. The lowest BCUT2D eigenvalue weighted by Crippen LogP contribution is -2.64. The summed E-state index contributed by atoms with van der Waals surface area (Å²) in [4.78, 5) is 29.5. The zero-order valence-corrected chi connectivity index (χ0v) is 16.3. The van der Waals surface area contributed by atoms with Gasteiger partial charge in [0.2, 0.25) is 5.91 Å². The average Bonchev–Trinajstić information content (AvgIpc) is 2.74. The van der Waals surface area contributed by atoms with Gasteiger partial charge in [0.1, 0.15) is 17.6 Å². The molecule has 0 radical (unpaired) electrons. The largest absolute Gasteiger partial charge is 0.497 e. The number of nitrogens with zero attached hydrogens (tertiary/aromatic N) is 2. The van der Waals surface area contributed by atoms with E-state index in [1.807, 2.05) is 42.5 Å². The van der Waals surface area contributed by atoms with Gasteiger partial charge in [-0.05, 0) is 36.1 Å². The van der Waals surface area contributed by atoms with Crippen LogP contribution in [0, 0.1) is 0 Å². The van der Waals surface area contributed by atoms with Gasteiger partial charge in [0.15, 0.2) is 6.04 Å². The Morgan fingerprint density at radius 2 is 1.59 bits per heavy atom. The Kier molecular flexibility index (Phi) is 5.34. The first kappa shape index (κ1) is 19.2. The predicted molar refractivity (Wildman–Crippen MR) is 107 cm³/mol. The molecular weight excluding hydrogens is 371 g/mol. The number of carbonyl (C=O) groups excluding carboxylic acids is 2. The van der Waals surface area contributed by atoms with Crippen LogP contribution < -0.4 is 4.74 Å². The van der Waals surface area contributed by atoms with E-state index in [4.69, 9.17) is 4.74 Å². The molecule has 1 saturated heterocycles. The second-order valence-electron chi connectivity index (χ2n) is 7.35. The third kappa shape index (κ3) is 3.75. The number of hydrogen-bond acceptors (Lipinski definition) is 3. The third-order valence-corrected chi connectivity index (χ3v) is 5.52. The second kappa shape index (κ2) is 8.07. The Bertz CT molecular complexity index is 927. The van der Waals surface area contributed by atoms with Gasteiger partial charge in [-0.15, -0.1) is 0 Å². The van der Waals surface area contributed by atoms with Crippen molar-refractivity contribution in [2.75, 3.05) is 7.11 Å². The maximum absolute atomic E-state index is 14.9. The minimum atomic E-state index is -1.20. The highest BCUT2D eigenvalue weighted by molar-refractivity contribution is 5.98. The average molecular weight is 394 g/mol. The lowest BCUT2D eigenvalue weighted by molar-refractivity contribution is -0.163. The predicted octanol–water partition coefficient (Wildman–Crippen LogP) is 3.45. The molecule has 0 N–H and O–H groups in total. The van der Waals surface area contributed by atoms with E-state index in [0.29, 0.717) is 25.1 Å². The zero-order chi connectivity index (χ0) is 20.4. The maximum Gasteiger partial charge on any atom is 0.253 e. The molecule has 3 heterocycles. The second-order valence-corrected chi connectivity index (χ2v) is 7.35. The number of hydrogen-bond donors (Lipinski definition) is 0. The monoisotopic (exact) mass is 394 g/mol. The van der Waals surface area contributed by atoms with Crippen LogP contribution in [0.25, 0.3) is 0 Å². The van der Waals surface area contributed by atoms with Crippen LogP contribution in [0.5, 0.6) is 5.75 Å². The van der Waals surface area contributed by atoms with E-state index in [-0.39, 0.29) is 18.4 Å². The van der Waals surface area contributed by atoms with Crippen LogP contribution in [-0.4, -0.2) is 40.8 Å². The summed E-state index contributed by atoms with van der Waals surface area (Å²) in [6.07, 6.45) is 2.30. The number of amides is 2. The Morgan fingerprint density at radius 3 is 2.28 bits per heavy atom. The molecule has 29 heavy (non-hydrogen) atoms. The summed E-state index contributed by atoms with van der Waals surface area (Å²) < 4.78 is 20.1. The first-order valence-corrected chi connectivity index (χ1v) is 9.72. The third-order valence-electron chi connectivity index (χ3n) is 5.52. The normalized spacial score (nSPS) is 23.4. The summed E-state index contributed by atoms with van der Waals surface area (Å²) in [5.41, 5.74) is 1.74. The molecule has 2 aromatic rings. The standard InChI is InChI=1S/C23H23FN2O3/c1-29-18-12-10-17(11-13-18)15-26-21-19(24)8-5-9-20(22(26)27)25(23(21)28)14-16-6-3-2-4-7-16/h2-4,6-8,10-13,20-21H,5,9,14-15H2,1H3/b19-8+/t20-,21-/m0/s1. The molecule has 6 heteroatoms. The molecule has 0 unspecified atom stereocenters. The zero-order valence-electron chi connectivity index (χ0n) is 16.3. The number of piperazine rings is 1. The quantitative estimate of drug-likeness (QED) is 0.781.